The number of aliphatic hydroxyl groups is 1. The molecule has 0 aliphatic heterocycles. The number of tetrazole rings is 1. The number of nitrogens with zero attached hydrogens (tertiary/aromatic N) is 4. The summed E-state index contributed by atoms with van der Waals surface area (Å²) in [5, 5.41) is 22.6. The summed E-state index contributed by atoms with van der Waals surface area (Å²) in [7, 11) is 0. The van der Waals surface area contributed by atoms with Gasteiger partial charge < -0.3 is 9.84 Å². The van der Waals surface area contributed by atoms with Crippen LogP contribution in [0.4, 0.5) is 0 Å². The van der Waals surface area contributed by atoms with E-state index in [0.717, 1.165) is 11.4 Å². The van der Waals surface area contributed by atoms with E-state index in [1.807, 2.05) is 42.5 Å². The minimum atomic E-state index is -0.617. The highest BCUT2D eigenvalue weighted by molar-refractivity contribution is 7.99. The van der Waals surface area contributed by atoms with Crippen molar-refractivity contribution in [1.82, 2.24) is 20.2 Å². The Hall–Kier alpha value is -2.38. The second-order valence-corrected chi connectivity index (χ2v) is 7.20. The predicted octanol–water partition coefficient (Wildman–Crippen LogP) is 3.32. The quantitative estimate of drug-likeness (QED) is 0.613. The lowest BCUT2D eigenvalue weighted by Crippen LogP contribution is -2.20. The lowest BCUT2D eigenvalue weighted by atomic mass is 10.0. The molecule has 1 aromatic heterocycles. The fourth-order valence-corrected chi connectivity index (χ4v) is 3.16. The van der Waals surface area contributed by atoms with E-state index < -0.39 is 6.10 Å². The zero-order valence-corrected chi connectivity index (χ0v) is 15.6. The van der Waals surface area contributed by atoms with Gasteiger partial charge in [-0.15, -0.1) is 5.10 Å². The van der Waals surface area contributed by atoms with Crippen LogP contribution in [0.2, 0.25) is 0 Å². The number of hydrogen-bond acceptors (Lipinski definition) is 6. The van der Waals surface area contributed by atoms with E-state index in [2.05, 4.69) is 41.5 Å². The SMILES string of the molecule is CC(C)c1ccc(-n2nnnc2SC[C@@H](O)COc2ccccc2)cc1. The highest BCUT2D eigenvalue weighted by Crippen LogP contribution is 2.21. The van der Waals surface area contributed by atoms with Gasteiger partial charge in [-0.25, -0.2) is 0 Å². The largest absolute Gasteiger partial charge is 0.491 e. The van der Waals surface area contributed by atoms with E-state index in [9.17, 15) is 5.11 Å². The molecule has 3 rings (SSSR count). The Bertz CT molecular complexity index is 806. The number of hydrogen-bond donors (Lipinski definition) is 1. The second-order valence-electron chi connectivity index (χ2n) is 6.21. The van der Waals surface area contributed by atoms with Crippen LogP contribution in [-0.2, 0) is 0 Å². The summed E-state index contributed by atoms with van der Waals surface area (Å²) in [6, 6.07) is 17.6. The zero-order chi connectivity index (χ0) is 18.4. The summed E-state index contributed by atoms with van der Waals surface area (Å²) in [4.78, 5) is 0. The highest BCUT2D eigenvalue weighted by atomic mass is 32.2. The predicted molar refractivity (Wildman–Crippen MR) is 102 cm³/mol. The Kier molecular flexibility index (Phi) is 6.25. The molecule has 6 nitrogen and oxygen atoms in total. The molecule has 0 amide bonds. The molecular formula is C19H22N4O2S. The third-order valence-corrected chi connectivity index (χ3v) is 4.90. The second kappa shape index (κ2) is 8.82. The van der Waals surface area contributed by atoms with E-state index in [1.54, 1.807) is 4.68 Å². The van der Waals surface area contributed by atoms with Gasteiger partial charge in [-0.05, 0) is 46.2 Å². The molecule has 0 bridgehead atoms. The number of thioether (sulfide) groups is 1. The number of aromatic nitrogens is 4. The molecule has 0 saturated heterocycles. The van der Waals surface area contributed by atoms with Crippen LogP contribution in [0, 0.1) is 0 Å². The fraction of sp³-hybridized carbons (Fsp3) is 0.316. The van der Waals surface area contributed by atoms with Crippen LogP contribution >= 0.6 is 11.8 Å². The van der Waals surface area contributed by atoms with Crippen molar-refractivity contribution in [3.63, 3.8) is 0 Å². The first kappa shape index (κ1) is 18.4. The molecule has 136 valence electrons. The average molecular weight is 370 g/mol. The average Bonchev–Trinajstić information content (AvgIpc) is 3.14. The smallest absolute Gasteiger partial charge is 0.214 e. The summed E-state index contributed by atoms with van der Waals surface area (Å²) in [6.45, 7) is 4.54. The molecule has 3 aromatic rings. The Morgan fingerprint density at radius 3 is 2.50 bits per heavy atom. The van der Waals surface area contributed by atoms with E-state index in [1.165, 1.54) is 17.3 Å². The Labute approximate surface area is 157 Å². The standard InChI is InChI=1S/C19H22N4O2S/c1-14(2)15-8-10-16(11-9-15)23-19(20-21-22-23)26-13-17(24)12-25-18-6-4-3-5-7-18/h3-11,14,17,24H,12-13H2,1-2H3/t17-/m0/s1. The van der Waals surface area contributed by atoms with Gasteiger partial charge in [-0.3, -0.25) is 0 Å². The molecule has 0 saturated carbocycles. The lowest BCUT2D eigenvalue weighted by molar-refractivity contribution is 0.126. The lowest BCUT2D eigenvalue weighted by Gasteiger charge is -2.12. The van der Waals surface area contributed by atoms with Crippen LogP contribution in [0.5, 0.6) is 5.75 Å². The van der Waals surface area contributed by atoms with Crippen molar-refractivity contribution in [3.05, 3.63) is 60.2 Å². The molecule has 0 unspecified atom stereocenters. The minimum Gasteiger partial charge on any atom is -0.491 e. The summed E-state index contributed by atoms with van der Waals surface area (Å²) in [5.41, 5.74) is 2.17. The van der Waals surface area contributed by atoms with E-state index in [4.69, 9.17) is 4.74 Å². The molecule has 0 fully saturated rings. The zero-order valence-electron chi connectivity index (χ0n) is 14.8. The first-order chi connectivity index (χ1) is 12.6. The van der Waals surface area contributed by atoms with E-state index >= 15 is 0 Å². The first-order valence-corrected chi connectivity index (χ1v) is 9.49. The van der Waals surface area contributed by atoms with Gasteiger partial charge in [0.05, 0.1) is 11.8 Å². The Balaban J connectivity index is 1.56. The fourth-order valence-electron chi connectivity index (χ4n) is 2.36. The summed E-state index contributed by atoms with van der Waals surface area (Å²) < 4.78 is 7.25. The van der Waals surface area contributed by atoms with Crippen molar-refractivity contribution in [2.24, 2.45) is 0 Å². The Morgan fingerprint density at radius 1 is 1.08 bits per heavy atom. The van der Waals surface area contributed by atoms with Crippen molar-refractivity contribution in [2.75, 3.05) is 12.4 Å². The van der Waals surface area contributed by atoms with Gasteiger partial charge in [0.25, 0.3) is 0 Å². The van der Waals surface area contributed by atoms with Gasteiger partial charge in [0, 0.05) is 5.75 Å². The van der Waals surface area contributed by atoms with Crippen molar-refractivity contribution >= 4 is 11.8 Å². The van der Waals surface area contributed by atoms with Crippen LogP contribution in [-0.4, -0.2) is 43.8 Å². The molecule has 0 radical (unpaired) electrons. The normalized spacial score (nSPS) is 12.3. The van der Waals surface area contributed by atoms with E-state index in [0.29, 0.717) is 16.8 Å². The van der Waals surface area contributed by atoms with Crippen LogP contribution in [0.1, 0.15) is 25.3 Å². The summed E-state index contributed by atoms with van der Waals surface area (Å²) in [6.07, 6.45) is -0.617. The monoisotopic (exact) mass is 370 g/mol. The Morgan fingerprint density at radius 2 is 1.81 bits per heavy atom. The molecule has 2 aromatic carbocycles. The van der Waals surface area contributed by atoms with Gasteiger partial charge in [-0.2, -0.15) is 4.68 Å². The highest BCUT2D eigenvalue weighted by Gasteiger charge is 2.13. The van der Waals surface area contributed by atoms with Gasteiger partial charge in [0.2, 0.25) is 5.16 Å². The maximum Gasteiger partial charge on any atom is 0.214 e. The molecule has 26 heavy (non-hydrogen) atoms. The minimum absolute atomic E-state index is 0.224. The maximum absolute atomic E-state index is 10.1. The van der Waals surface area contributed by atoms with Crippen LogP contribution < -0.4 is 4.74 Å². The topological polar surface area (TPSA) is 73.1 Å². The number of benzene rings is 2. The van der Waals surface area contributed by atoms with Crippen molar-refractivity contribution in [3.8, 4) is 11.4 Å². The van der Waals surface area contributed by atoms with Gasteiger partial charge >= 0.3 is 0 Å². The third kappa shape index (κ3) is 4.83. The molecule has 1 N–H and O–H groups in total. The molecule has 0 aliphatic rings. The molecule has 1 heterocycles. The number of para-hydroxylation sites is 1. The van der Waals surface area contributed by atoms with Gasteiger partial charge in [0.15, 0.2) is 0 Å². The van der Waals surface area contributed by atoms with Crippen LogP contribution in [0.25, 0.3) is 5.69 Å². The van der Waals surface area contributed by atoms with Gasteiger partial charge in [-0.1, -0.05) is 55.9 Å². The van der Waals surface area contributed by atoms with Crippen molar-refractivity contribution in [2.45, 2.75) is 31.0 Å². The molecule has 7 heteroatoms. The molecule has 0 aliphatic carbocycles. The van der Waals surface area contributed by atoms with Crippen molar-refractivity contribution < 1.29 is 9.84 Å². The van der Waals surface area contributed by atoms with Crippen LogP contribution in [0.3, 0.4) is 0 Å². The molecule has 1 atom stereocenters. The molecule has 0 spiro atoms. The van der Waals surface area contributed by atoms with Crippen LogP contribution in [0.15, 0.2) is 59.8 Å². The number of rotatable bonds is 8. The maximum atomic E-state index is 10.1. The van der Waals surface area contributed by atoms with Gasteiger partial charge in [0.1, 0.15) is 12.4 Å². The third-order valence-electron chi connectivity index (χ3n) is 3.84. The summed E-state index contributed by atoms with van der Waals surface area (Å²) in [5.74, 6) is 1.66. The first-order valence-electron chi connectivity index (χ1n) is 8.51. The van der Waals surface area contributed by atoms with E-state index in [-0.39, 0.29) is 6.61 Å². The number of aliphatic hydroxyl groups excluding tert-OH is 1. The molecular weight excluding hydrogens is 348 g/mol. The summed E-state index contributed by atoms with van der Waals surface area (Å²) >= 11 is 1.40. The number of ether oxygens (including phenoxy) is 1. The van der Waals surface area contributed by atoms with Crippen molar-refractivity contribution in [1.29, 1.82) is 0 Å².